The van der Waals surface area contributed by atoms with E-state index in [1.165, 1.54) is 11.3 Å². The molecule has 2 aromatic heterocycles. The number of ether oxygens (including phenoxy) is 2. The van der Waals surface area contributed by atoms with Crippen LogP contribution in [0.5, 0.6) is 5.75 Å². The summed E-state index contributed by atoms with van der Waals surface area (Å²) in [7, 11) is 3.45. The number of aromatic nitrogens is 3. The number of fused-ring (bicyclic) bond motifs is 2. The predicted octanol–water partition coefficient (Wildman–Crippen LogP) is 3.52. The molecule has 218 valence electrons. The van der Waals surface area contributed by atoms with E-state index in [0.29, 0.717) is 27.4 Å². The zero-order valence-electron chi connectivity index (χ0n) is 24.2. The van der Waals surface area contributed by atoms with Gasteiger partial charge in [0.25, 0.3) is 5.56 Å². The van der Waals surface area contributed by atoms with Crippen molar-refractivity contribution in [1.29, 1.82) is 0 Å². The summed E-state index contributed by atoms with van der Waals surface area (Å²) in [6.07, 6.45) is 1.80. The van der Waals surface area contributed by atoms with Crippen LogP contribution in [0.2, 0.25) is 0 Å². The van der Waals surface area contributed by atoms with Crippen LogP contribution in [-0.4, -0.2) is 32.9 Å². The Labute approximate surface area is 250 Å². The molecule has 0 spiro atoms. The summed E-state index contributed by atoms with van der Waals surface area (Å²) in [6, 6.07) is 21.7. The molecule has 0 bridgehead atoms. The fraction of sp³-hybridized carbons (Fsp3) is 0.212. The molecule has 1 aliphatic rings. The third kappa shape index (κ3) is 4.93. The van der Waals surface area contributed by atoms with Crippen LogP contribution in [-0.2, 0) is 23.6 Å². The molecule has 0 unspecified atom stereocenters. The number of rotatable bonds is 7. The molecule has 10 heteroatoms. The largest absolute Gasteiger partial charge is 0.494 e. The Bertz CT molecular complexity index is 2130. The third-order valence-electron chi connectivity index (χ3n) is 7.47. The Morgan fingerprint density at radius 2 is 1.65 bits per heavy atom. The van der Waals surface area contributed by atoms with E-state index in [1.54, 1.807) is 40.8 Å². The first-order valence-electron chi connectivity index (χ1n) is 14.0. The maximum absolute atomic E-state index is 14.2. The Hall–Kier alpha value is -4.96. The summed E-state index contributed by atoms with van der Waals surface area (Å²) < 4.78 is 16.4. The summed E-state index contributed by atoms with van der Waals surface area (Å²) in [4.78, 5) is 45.6. The first kappa shape index (κ1) is 28.2. The highest BCUT2D eigenvalue weighted by atomic mass is 32.1. The number of nitrogens with zero attached hydrogens (tertiary/aromatic N) is 4. The molecule has 0 N–H and O–H groups in total. The fourth-order valence-corrected chi connectivity index (χ4v) is 6.43. The van der Waals surface area contributed by atoms with E-state index >= 15 is 0 Å². The number of imidazole rings is 1. The molecule has 6 rings (SSSR count). The van der Waals surface area contributed by atoms with E-state index in [2.05, 4.69) is 0 Å². The second-order valence-corrected chi connectivity index (χ2v) is 11.1. The maximum atomic E-state index is 14.2. The lowest BCUT2D eigenvalue weighted by Crippen LogP contribution is -2.40. The van der Waals surface area contributed by atoms with Crippen molar-refractivity contribution in [3.05, 3.63) is 125 Å². The van der Waals surface area contributed by atoms with Crippen molar-refractivity contribution in [2.24, 2.45) is 19.1 Å². The molecule has 0 aliphatic carbocycles. The van der Waals surface area contributed by atoms with Gasteiger partial charge in [-0.25, -0.2) is 14.6 Å². The zero-order valence-corrected chi connectivity index (χ0v) is 25.1. The molecule has 0 amide bonds. The van der Waals surface area contributed by atoms with Gasteiger partial charge < -0.3 is 9.47 Å². The van der Waals surface area contributed by atoms with Crippen LogP contribution in [0, 0.1) is 0 Å². The average Bonchev–Trinajstić information content (AvgIpc) is 3.44. The number of carbonyl (C=O) groups excluding carboxylic acids is 1. The van der Waals surface area contributed by atoms with Crippen LogP contribution in [0.4, 0.5) is 0 Å². The predicted molar refractivity (Wildman–Crippen MR) is 167 cm³/mol. The topological polar surface area (TPSA) is 96.8 Å². The van der Waals surface area contributed by atoms with Gasteiger partial charge in [0, 0.05) is 19.7 Å². The molecule has 0 saturated carbocycles. The lowest BCUT2D eigenvalue weighted by Gasteiger charge is -2.26. The van der Waals surface area contributed by atoms with Crippen molar-refractivity contribution < 1.29 is 14.3 Å². The van der Waals surface area contributed by atoms with E-state index < -0.39 is 12.0 Å². The summed E-state index contributed by atoms with van der Waals surface area (Å²) in [5.41, 5.74) is 4.15. The number of hydrogen-bond donors (Lipinski definition) is 0. The lowest BCUT2D eigenvalue weighted by molar-refractivity contribution is -0.138. The lowest BCUT2D eigenvalue weighted by atomic mass is 9.93. The summed E-state index contributed by atoms with van der Waals surface area (Å²) >= 11 is 1.25. The van der Waals surface area contributed by atoms with Gasteiger partial charge in [-0.1, -0.05) is 59.9 Å². The quantitative estimate of drug-likeness (QED) is 0.269. The molecule has 1 aliphatic heterocycles. The fourth-order valence-electron chi connectivity index (χ4n) is 5.43. The van der Waals surface area contributed by atoms with E-state index in [0.717, 1.165) is 27.7 Å². The summed E-state index contributed by atoms with van der Waals surface area (Å²) in [6.45, 7) is 4.36. The van der Waals surface area contributed by atoms with Crippen molar-refractivity contribution in [3.63, 3.8) is 0 Å². The second-order valence-electron chi connectivity index (χ2n) is 10.1. The molecular formula is C33H30N4O5S. The number of carbonyl (C=O) groups is 1. The number of aryl methyl sites for hydroxylation is 2. The van der Waals surface area contributed by atoms with Gasteiger partial charge in [0.15, 0.2) is 4.80 Å². The third-order valence-corrected chi connectivity index (χ3v) is 8.46. The van der Waals surface area contributed by atoms with Crippen molar-refractivity contribution in [3.8, 4) is 5.75 Å². The van der Waals surface area contributed by atoms with Gasteiger partial charge in [0.2, 0.25) is 0 Å². The number of thiazole rings is 1. The van der Waals surface area contributed by atoms with Crippen LogP contribution in [0.1, 0.15) is 36.6 Å². The van der Waals surface area contributed by atoms with Crippen molar-refractivity contribution in [2.45, 2.75) is 19.9 Å². The Kier molecular flexibility index (Phi) is 7.45. The van der Waals surface area contributed by atoms with E-state index in [-0.39, 0.29) is 23.4 Å². The molecule has 3 heterocycles. The minimum Gasteiger partial charge on any atom is -0.494 e. The van der Waals surface area contributed by atoms with E-state index in [4.69, 9.17) is 14.5 Å². The SMILES string of the molecule is CCOC(=O)C1=C(c2ccccc2)N=c2s/c(=C/c3ccc4c(c3)n(C)c(=O)n4C)c(=O)n2[C@H]1c1ccc(OCC)cc1. The molecule has 43 heavy (non-hydrogen) atoms. The van der Waals surface area contributed by atoms with Crippen molar-refractivity contribution in [2.75, 3.05) is 13.2 Å². The first-order chi connectivity index (χ1) is 20.8. The molecule has 5 aromatic rings. The Morgan fingerprint density at radius 1 is 0.930 bits per heavy atom. The Balaban J connectivity index is 1.61. The molecular weight excluding hydrogens is 564 g/mol. The highest BCUT2D eigenvalue weighted by Crippen LogP contribution is 2.35. The van der Waals surface area contributed by atoms with Crippen LogP contribution in [0.3, 0.4) is 0 Å². The van der Waals surface area contributed by atoms with Crippen molar-refractivity contribution >= 4 is 40.1 Å². The number of benzene rings is 3. The smallest absolute Gasteiger partial charge is 0.338 e. The van der Waals surface area contributed by atoms with Crippen LogP contribution in [0.15, 0.2) is 93.0 Å². The van der Waals surface area contributed by atoms with Crippen LogP contribution >= 0.6 is 11.3 Å². The maximum Gasteiger partial charge on any atom is 0.338 e. The van der Waals surface area contributed by atoms with Gasteiger partial charge in [-0.2, -0.15) is 0 Å². The monoisotopic (exact) mass is 594 g/mol. The minimum atomic E-state index is -0.777. The van der Waals surface area contributed by atoms with Gasteiger partial charge in [-0.05, 0) is 55.3 Å². The van der Waals surface area contributed by atoms with Crippen LogP contribution in [0.25, 0.3) is 22.8 Å². The molecule has 1 atom stereocenters. The molecule has 0 fully saturated rings. The highest BCUT2D eigenvalue weighted by Gasteiger charge is 2.35. The first-order valence-corrected chi connectivity index (χ1v) is 14.8. The normalized spacial score (nSPS) is 15.0. The number of hydrogen-bond acceptors (Lipinski definition) is 7. The van der Waals surface area contributed by atoms with Gasteiger partial charge in [0.1, 0.15) is 5.75 Å². The average molecular weight is 595 g/mol. The van der Waals surface area contributed by atoms with Crippen molar-refractivity contribution in [1.82, 2.24) is 13.7 Å². The van der Waals surface area contributed by atoms with Crippen LogP contribution < -0.4 is 25.3 Å². The zero-order chi connectivity index (χ0) is 30.2. The minimum absolute atomic E-state index is 0.123. The van der Waals surface area contributed by atoms with Gasteiger partial charge in [-0.15, -0.1) is 0 Å². The molecule has 9 nitrogen and oxygen atoms in total. The van der Waals surface area contributed by atoms with E-state index in [1.807, 2.05) is 79.7 Å². The summed E-state index contributed by atoms with van der Waals surface area (Å²) in [5.74, 6) is 0.156. The standard InChI is InChI=1S/C33H30N4O5S/c1-5-41-23-15-13-22(14-16-23)29-27(31(39)42-6-2)28(21-10-8-7-9-11-21)34-32-37(29)30(38)26(43-32)19-20-12-17-24-25(18-20)36(4)33(40)35(24)3/h7-19,29H,5-6H2,1-4H3/b26-19+/t29-/m0/s1. The molecule has 0 saturated heterocycles. The van der Waals surface area contributed by atoms with Gasteiger partial charge >= 0.3 is 11.7 Å². The molecule has 0 radical (unpaired) electrons. The Morgan fingerprint density at radius 3 is 2.35 bits per heavy atom. The second kappa shape index (κ2) is 11.4. The van der Waals surface area contributed by atoms with Gasteiger partial charge in [0.05, 0.1) is 46.1 Å². The molecule has 3 aromatic carbocycles. The summed E-state index contributed by atoms with van der Waals surface area (Å²) in [5, 5.41) is 0. The highest BCUT2D eigenvalue weighted by molar-refractivity contribution is 7.07. The number of esters is 1. The van der Waals surface area contributed by atoms with E-state index in [9.17, 15) is 14.4 Å². The van der Waals surface area contributed by atoms with Gasteiger partial charge in [-0.3, -0.25) is 18.5 Å².